The third kappa shape index (κ3) is 6.90. The topological polar surface area (TPSA) is 138 Å². The van der Waals surface area contributed by atoms with E-state index in [0.29, 0.717) is 0 Å². The number of hydrogen-bond acceptors (Lipinski definition) is 6. The molecule has 0 heterocycles. The molecule has 0 fully saturated rings. The van der Waals surface area contributed by atoms with Crippen LogP contribution in [0.3, 0.4) is 0 Å². The molecule has 0 aliphatic heterocycles. The zero-order chi connectivity index (χ0) is 13.6. The summed E-state index contributed by atoms with van der Waals surface area (Å²) in [5.41, 5.74) is -2.78. The standard InChI is InChI=1S/C9H12O8.Ca.2H/c1-2-6(12)17-7(13)4-9(16,8(14)15)3-5(10)11;;;/h16H,2-4H2,1H3,(H,10,11)(H,14,15);;;. The summed E-state index contributed by atoms with van der Waals surface area (Å²) < 4.78 is 4.13. The van der Waals surface area contributed by atoms with Crippen LogP contribution in [0.15, 0.2) is 0 Å². The molecule has 0 aromatic rings. The maximum absolute atomic E-state index is 11.1. The molecule has 0 bridgehead atoms. The number of carbonyl (C=O) groups is 4. The molecule has 0 aliphatic rings. The Balaban J connectivity index is 0. The van der Waals surface area contributed by atoms with Gasteiger partial charge in [0.2, 0.25) is 0 Å². The number of carboxylic acid groups (broad SMARTS) is 2. The summed E-state index contributed by atoms with van der Waals surface area (Å²) in [4.78, 5) is 42.7. The Labute approximate surface area is 132 Å². The van der Waals surface area contributed by atoms with Gasteiger partial charge in [-0.2, -0.15) is 0 Å². The van der Waals surface area contributed by atoms with E-state index in [1.165, 1.54) is 6.92 Å². The van der Waals surface area contributed by atoms with Crippen LogP contribution in [0.1, 0.15) is 26.2 Å². The van der Waals surface area contributed by atoms with Crippen molar-refractivity contribution >= 4 is 61.6 Å². The fraction of sp³-hybridized carbons (Fsp3) is 0.556. The molecule has 18 heavy (non-hydrogen) atoms. The van der Waals surface area contributed by atoms with Gasteiger partial charge in [-0.1, -0.05) is 6.92 Å². The molecule has 0 aromatic heterocycles. The quantitative estimate of drug-likeness (QED) is 0.297. The van der Waals surface area contributed by atoms with E-state index in [1.54, 1.807) is 0 Å². The molecule has 9 heteroatoms. The van der Waals surface area contributed by atoms with Gasteiger partial charge in [-0.05, 0) is 0 Å². The van der Waals surface area contributed by atoms with Crippen LogP contribution in [-0.2, 0) is 23.9 Å². The molecule has 0 aromatic carbocycles. The van der Waals surface area contributed by atoms with Gasteiger partial charge < -0.3 is 20.1 Å². The van der Waals surface area contributed by atoms with Crippen molar-refractivity contribution in [3.63, 3.8) is 0 Å². The van der Waals surface area contributed by atoms with E-state index in [-0.39, 0.29) is 44.2 Å². The number of ether oxygens (including phenoxy) is 1. The zero-order valence-corrected chi connectivity index (χ0v) is 9.00. The minimum atomic E-state index is -2.78. The van der Waals surface area contributed by atoms with Crippen LogP contribution in [0.4, 0.5) is 0 Å². The molecule has 0 saturated carbocycles. The second-order valence-electron chi connectivity index (χ2n) is 3.28. The number of esters is 2. The Kier molecular flexibility index (Phi) is 9.17. The van der Waals surface area contributed by atoms with Gasteiger partial charge in [0.05, 0.1) is 12.8 Å². The van der Waals surface area contributed by atoms with Crippen molar-refractivity contribution in [1.82, 2.24) is 0 Å². The monoisotopic (exact) mass is 290 g/mol. The van der Waals surface area contributed by atoms with Crippen LogP contribution in [0.5, 0.6) is 0 Å². The second-order valence-corrected chi connectivity index (χ2v) is 3.28. The fourth-order valence-corrected chi connectivity index (χ4v) is 0.938. The average molecular weight is 290 g/mol. The first-order chi connectivity index (χ1) is 7.71. The zero-order valence-electron chi connectivity index (χ0n) is 9.00. The van der Waals surface area contributed by atoms with Crippen molar-refractivity contribution in [2.75, 3.05) is 0 Å². The van der Waals surface area contributed by atoms with Crippen molar-refractivity contribution in [3.8, 4) is 0 Å². The Morgan fingerprint density at radius 3 is 1.89 bits per heavy atom. The summed E-state index contributed by atoms with van der Waals surface area (Å²) >= 11 is 0. The van der Waals surface area contributed by atoms with E-state index < -0.39 is 42.3 Å². The third-order valence-corrected chi connectivity index (χ3v) is 1.79. The number of aliphatic hydroxyl groups is 1. The molecule has 0 amide bonds. The van der Waals surface area contributed by atoms with Crippen molar-refractivity contribution in [3.05, 3.63) is 0 Å². The molecular weight excluding hydrogens is 276 g/mol. The normalized spacial score (nSPS) is 12.8. The van der Waals surface area contributed by atoms with E-state index in [1.807, 2.05) is 0 Å². The van der Waals surface area contributed by atoms with E-state index >= 15 is 0 Å². The number of aliphatic carboxylic acids is 2. The van der Waals surface area contributed by atoms with Crippen molar-refractivity contribution in [2.24, 2.45) is 0 Å². The summed E-state index contributed by atoms with van der Waals surface area (Å²) in [7, 11) is 0. The van der Waals surface area contributed by atoms with E-state index in [9.17, 15) is 24.3 Å². The molecular formula is C9H14CaO8. The third-order valence-electron chi connectivity index (χ3n) is 1.79. The first kappa shape index (κ1) is 19.6. The Morgan fingerprint density at radius 2 is 1.56 bits per heavy atom. The fourth-order valence-electron chi connectivity index (χ4n) is 0.938. The van der Waals surface area contributed by atoms with E-state index in [0.717, 1.165) is 0 Å². The summed E-state index contributed by atoms with van der Waals surface area (Å²) in [5, 5.41) is 26.4. The van der Waals surface area contributed by atoms with Gasteiger partial charge in [0.25, 0.3) is 0 Å². The average Bonchev–Trinajstić information content (AvgIpc) is 2.15. The molecule has 0 spiro atoms. The number of rotatable bonds is 6. The first-order valence-electron chi connectivity index (χ1n) is 4.62. The first-order valence-corrected chi connectivity index (χ1v) is 4.62. The van der Waals surface area contributed by atoms with Gasteiger partial charge in [-0.15, -0.1) is 0 Å². The van der Waals surface area contributed by atoms with Gasteiger partial charge in [-0.25, -0.2) is 4.79 Å². The molecule has 1 unspecified atom stereocenters. The van der Waals surface area contributed by atoms with Gasteiger partial charge in [0, 0.05) is 6.42 Å². The molecule has 0 saturated heterocycles. The van der Waals surface area contributed by atoms with Crippen LogP contribution >= 0.6 is 0 Å². The van der Waals surface area contributed by atoms with E-state index in [2.05, 4.69) is 4.74 Å². The predicted octanol–water partition coefficient (Wildman–Crippen LogP) is -1.77. The van der Waals surface area contributed by atoms with Gasteiger partial charge >= 0.3 is 61.6 Å². The Bertz CT molecular complexity index is 352. The molecule has 100 valence electrons. The molecule has 0 rings (SSSR count). The maximum atomic E-state index is 11.1. The van der Waals surface area contributed by atoms with Crippen molar-refractivity contribution in [2.45, 2.75) is 31.8 Å². The second kappa shape index (κ2) is 8.41. The summed E-state index contributed by atoms with van der Waals surface area (Å²) in [6, 6.07) is 0. The van der Waals surface area contributed by atoms with Crippen LogP contribution < -0.4 is 0 Å². The summed E-state index contributed by atoms with van der Waals surface area (Å²) in [6.07, 6.45) is -2.38. The molecule has 3 N–H and O–H groups in total. The molecule has 1 atom stereocenters. The predicted molar refractivity (Wildman–Crippen MR) is 59.4 cm³/mol. The van der Waals surface area contributed by atoms with Crippen LogP contribution in [0.2, 0.25) is 0 Å². The minimum absolute atomic E-state index is 0. The number of carbonyl (C=O) groups excluding carboxylic acids is 2. The van der Waals surface area contributed by atoms with Gasteiger partial charge in [0.1, 0.15) is 0 Å². The number of carboxylic acids is 2. The van der Waals surface area contributed by atoms with Gasteiger partial charge in [-0.3, -0.25) is 14.4 Å². The summed E-state index contributed by atoms with van der Waals surface area (Å²) in [6.45, 7) is 1.41. The molecule has 0 aliphatic carbocycles. The van der Waals surface area contributed by atoms with Crippen molar-refractivity contribution in [1.29, 1.82) is 0 Å². The van der Waals surface area contributed by atoms with E-state index in [4.69, 9.17) is 10.2 Å². The van der Waals surface area contributed by atoms with Gasteiger partial charge in [0.15, 0.2) is 5.60 Å². The number of hydrogen-bond donors (Lipinski definition) is 3. The van der Waals surface area contributed by atoms with Crippen LogP contribution in [0, 0.1) is 0 Å². The molecule has 0 radical (unpaired) electrons. The van der Waals surface area contributed by atoms with Crippen LogP contribution in [0.25, 0.3) is 0 Å². The SMILES string of the molecule is CCC(=O)OC(=O)CC(O)(CC(=O)O)C(=O)O.[CaH2]. The van der Waals surface area contributed by atoms with Crippen LogP contribution in [-0.4, -0.2) is 82.5 Å². The Morgan fingerprint density at radius 1 is 1.06 bits per heavy atom. The van der Waals surface area contributed by atoms with Crippen molar-refractivity contribution < 1.29 is 39.2 Å². The Hall–Kier alpha value is -0.700. The molecule has 8 nitrogen and oxygen atoms in total. The summed E-state index contributed by atoms with van der Waals surface area (Å²) in [5.74, 6) is -5.65.